The molecule has 1 saturated heterocycles. The van der Waals surface area contributed by atoms with E-state index >= 15 is 0 Å². The summed E-state index contributed by atoms with van der Waals surface area (Å²) in [5.74, 6) is 0.725. The number of benzene rings is 2. The first-order valence-corrected chi connectivity index (χ1v) is 10.7. The normalized spacial score (nSPS) is 17.9. The first-order chi connectivity index (χ1) is 13.0. The lowest BCUT2D eigenvalue weighted by Crippen LogP contribution is -2.36. The standard InChI is InChI=1S/C19H23ClN2O4S/c20-16-3-7-19(8-4-16)27(24,25)21-17-9-10-22(14-17)13-15-1-5-18(6-2-15)26-12-11-23/h1-8,17,21,23H,9-14H2/t17-/m1/s1. The van der Waals surface area contributed by atoms with Crippen molar-refractivity contribution in [3.8, 4) is 5.75 Å². The van der Waals surface area contributed by atoms with Crippen molar-refractivity contribution in [1.29, 1.82) is 0 Å². The Hall–Kier alpha value is -1.64. The molecule has 0 spiro atoms. The Balaban J connectivity index is 1.53. The average molecular weight is 411 g/mol. The molecule has 8 heteroatoms. The lowest BCUT2D eigenvalue weighted by Gasteiger charge is -2.17. The summed E-state index contributed by atoms with van der Waals surface area (Å²) < 4.78 is 33.1. The summed E-state index contributed by atoms with van der Waals surface area (Å²) in [7, 11) is -3.54. The van der Waals surface area contributed by atoms with Crippen LogP contribution < -0.4 is 9.46 Å². The van der Waals surface area contributed by atoms with Gasteiger partial charge < -0.3 is 9.84 Å². The average Bonchev–Trinajstić information content (AvgIpc) is 3.07. The van der Waals surface area contributed by atoms with Crippen molar-refractivity contribution in [3.63, 3.8) is 0 Å². The fourth-order valence-electron chi connectivity index (χ4n) is 3.09. The number of hydrogen-bond acceptors (Lipinski definition) is 5. The molecule has 6 nitrogen and oxygen atoms in total. The maximum Gasteiger partial charge on any atom is 0.240 e. The first kappa shape index (κ1) is 20.1. The molecule has 0 unspecified atom stereocenters. The number of nitrogens with zero attached hydrogens (tertiary/aromatic N) is 1. The third kappa shape index (κ3) is 5.67. The molecular formula is C19H23ClN2O4S. The quantitative estimate of drug-likeness (QED) is 0.698. The van der Waals surface area contributed by atoms with Crippen molar-refractivity contribution >= 4 is 21.6 Å². The third-order valence-corrected chi connectivity index (χ3v) is 6.20. The van der Waals surface area contributed by atoms with E-state index in [0.717, 1.165) is 30.8 Å². The predicted octanol–water partition coefficient (Wildman–Crippen LogP) is 2.26. The van der Waals surface area contributed by atoms with Gasteiger partial charge in [-0.15, -0.1) is 0 Å². The zero-order chi connectivity index (χ0) is 19.3. The molecule has 3 rings (SSSR count). The van der Waals surface area contributed by atoms with Crippen LogP contribution in [0.2, 0.25) is 5.02 Å². The highest BCUT2D eigenvalue weighted by Crippen LogP contribution is 2.19. The Morgan fingerprint density at radius 2 is 1.85 bits per heavy atom. The molecule has 1 fully saturated rings. The van der Waals surface area contributed by atoms with E-state index in [4.69, 9.17) is 21.4 Å². The summed E-state index contributed by atoms with van der Waals surface area (Å²) in [6.45, 7) is 2.51. The fraction of sp³-hybridized carbons (Fsp3) is 0.368. The summed E-state index contributed by atoms with van der Waals surface area (Å²) in [5, 5.41) is 9.28. The van der Waals surface area contributed by atoms with Gasteiger partial charge in [0, 0.05) is 30.7 Å². The van der Waals surface area contributed by atoms with Gasteiger partial charge in [0.05, 0.1) is 11.5 Å². The second-order valence-corrected chi connectivity index (χ2v) is 8.66. The molecule has 1 aliphatic heterocycles. The molecule has 27 heavy (non-hydrogen) atoms. The minimum absolute atomic E-state index is 0.0111. The van der Waals surface area contributed by atoms with Crippen molar-refractivity contribution < 1.29 is 18.3 Å². The molecule has 2 aromatic rings. The topological polar surface area (TPSA) is 78.9 Å². The van der Waals surface area contributed by atoms with Crippen LogP contribution in [0.3, 0.4) is 0 Å². The summed E-state index contributed by atoms with van der Waals surface area (Å²) in [6.07, 6.45) is 0.768. The third-order valence-electron chi connectivity index (χ3n) is 4.41. The van der Waals surface area contributed by atoms with E-state index in [0.29, 0.717) is 11.6 Å². The Morgan fingerprint density at radius 1 is 1.15 bits per heavy atom. The number of rotatable bonds is 8. The van der Waals surface area contributed by atoms with Crippen LogP contribution in [0, 0.1) is 0 Å². The maximum atomic E-state index is 12.5. The Bertz CT molecular complexity index is 841. The number of aliphatic hydroxyl groups is 1. The van der Waals surface area contributed by atoms with Crippen LogP contribution in [0.15, 0.2) is 53.4 Å². The van der Waals surface area contributed by atoms with E-state index in [9.17, 15) is 8.42 Å². The van der Waals surface area contributed by atoms with Gasteiger partial charge in [-0.05, 0) is 48.4 Å². The van der Waals surface area contributed by atoms with E-state index in [1.165, 1.54) is 12.1 Å². The van der Waals surface area contributed by atoms with Gasteiger partial charge in [-0.25, -0.2) is 13.1 Å². The smallest absolute Gasteiger partial charge is 0.240 e. The maximum absolute atomic E-state index is 12.5. The lowest BCUT2D eigenvalue weighted by atomic mass is 10.2. The molecule has 146 valence electrons. The highest BCUT2D eigenvalue weighted by molar-refractivity contribution is 7.89. The lowest BCUT2D eigenvalue weighted by molar-refractivity contribution is 0.201. The van der Waals surface area contributed by atoms with Crippen molar-refractivity contribution in [3.05, 3.63) is 59.1 Å². The molecule has 2 N–H and O–H groups in total. The minimum Gasteiger partial charge on any atom is -0.491 e. The summed E-state index contributed by atoms with van der Waals surface area (Å²) >= 11 is 5.82. The van der Waals surface area contributed by atoms with Gasteiger partial charge >= 0.3 is 0 Å². The number of halogens is 1. The predicted molar refractivity (Wildman–Crippen MR) is 104 cm³/mol. The molecule has 1 atom stereocenters. The number of hydrogen-bond donors (Lipinski definition) is 2. The second-order valence-electron chi connectivity index (χ2n) is 6.51. The van der Waals surface area contributed by atoms with Crippen LogP contribution in [0.5, 0.6) is 5.75 Å². The molecule has 0 saturated carbocycles. The van der Waals surface area contributed by atoms with E-state index in [2.05, 4.69) is 9.62 Å². The van der Waals surface area contributed by atoms with E-state index in [1.807, 2.05) is 24.3 Å². The second kappa shape index (κ2) is 9.03. The van der Waals surface area contributed by atoms with E-state index < -0.39 is 10.0 Å². The van der Waals surface area contributed by atoms with Crippen LogP contribution in [0.1, 0.15) is 12.0 Å². The van der Waals surface area contributed by atoms with Crippen LogP contribution in [0.25, 0.3) is 0 Å². The molecule has 0 radical (unpaired) electrons. The Morgan fingerprint density at radius 3 is 2.52 bits per heavy atom. The molecular weight excluding hydrogens is 388 g/mol. The van der Waals surface area contributed by atoms with Crippen LogP contribution in [0.4, 0.5) is 0 Å². The van der Waals surface area contributed by atoms with Gasteiger partial charge in [-0.2, -0.15) is 0 Å². The van der Waals surface area contributed by atoms with Gasteiger partial charge in [-0.3, -0.25) is 4.90 Å². The summed E-state index contributed by atoms with van der Waals surface area (Å²) in [6, 6.07) is 13.8. The number of sulfonamides is 1. The van der Waals surface area contributed by atoms with Crippen LogP contribution in [-0.2, 0) is 16.6 Å². The largest absolute Gasteiger partial charge is 0.491 e. The molecule has 0 amide bonds. The van der Waals surface area contributed by atoms with Crippen molar-refractivity contribution in [1.82, 2.24) is 9.62 Å². The van der Waals surface area contributed by atoms with Crippen LogP contribution >= 0.6 is 11.6 Å². The fourth-order valence-corrected chi connectivity index (χ4v) is 4.47. The molecule has 1 aliphatic rings. The highest BCUT2D eigenvalue weighted by Gasteiger charge is 2.27. The van der Waals surface area contributed by atoms with Crippen LogP contribution in [-0.4, -0.2) is 50.8 Å². The van der Waals surface area contributed by atoms with Crippen molar-refractivity contribution in [2.45, 2.75) is 23.9 Å². The Kier molecular flexibility index (Phi) is 6.73. The van der Waals surface area contributed by atoms with Gasteiger partial charge in [0.25, 0.3) is 0 Å². The van der Waals surface area contributed by atoms with Gasteiger partial charge in [0.2, 0.25) is 10.0 Å². The molecule has 0 bridgehead atoms. The number of likely N-dealkylation sites (tertiary alicyclic amines) is 1. The first-order valence-electron chi connectivity index (χ1n) is 8.79. The molecule has 0 aromatic heterocycles. The zero-order valence-corrected chi connectivity index (χ0v) is 16.4. The molecule has 2 aromatic carbocycles. The summed E-state index contributed by atoms with van der Waals surface area (Å²) in [4.78, 5) is 2.45. The van der Waals surface area contributed by atoms with Gasteiger partial charge in [0.15, 0.2) is 0 Å². The summed E-state index contributed by atoms with van der Waals surface area (Å²) in [5.41, 5.74) is 1.13. The zero-order valence-electron chi connectivity index (χ0n) is 14.8. The van der Waals surface area contributed by atoms with Gasteiger partial charge in [-0.1, -0.05) is 23.7 Å². The van der Waals surface area contributed by atoms with E-state index in [1.54, 1.807) is 12.1 Å². The number of aliphatic hydroxyl groups excluding tert-OH is 1. The number of ether oxygens (including phenoxy) is 1. The van der Waals surface area contributed by atoms with Crippen molar-refractivity contribution in [2.75, 3.05) is 26.3 Å². The highest BCUT2D eigenvalue weighted by atomic mass is 35.5. The monoisotopic (exact) mass is 410 g/mol. The number of nitrogens with one attached hydrogen (secondary N) is 1. The molecule has 0 aliphatic carbocycles. The Labute approximate surface area is 164 Å². The molecule has 1 heterocycles. The minimum atomic E-state index is -3.54. The van der Waals surface area contributed by atoms with Gasteiger partial charge in [0.1, 0.15) is 12.4 Å². The van der Waals surface area contributed by atoms with Crippen molar-refractivity contribution in [2.24, 2.45) is 0 Å². The SMILES string of the molecule is O=S(=O)(N[C@@H]1CCN(Cc2ccc(OCCO)cc2)C1)c1ccc(Cl)cc1. The van der Waals surface area contributed by atoms with E-state index in [-0.39, 0.29) is 24.2 Å².